The molecule has 8 aromatic carbocycles. The third kappa shape index (κ3) is 7.25. The van der Waals surface area contributed by atoms with Crippen LogP contribution in [0.25, 0.3) is 34.1 Å². The Morgan fingerprint density at radius 1 is 0.557 bits per heavy atom. The van der Waals surface area contributed by atoms with Gasteiger partial charge in [-0.2, -0.15) is 0 Å². The molecule has 0 saturated heterocycles. The number of nitrogens with zero attached hydrogens (tertiary/aromatic N) is 2. The first kappa shape index (κ1) is 38.9. The van der Waals surface area contributed by atoms with Crippen molar-refractivity contribution in [2.45, 2.75) is 75.0 Å². The van der Waals surface area contributed by atoms with Gasteiger partial charge in [0.05, 0.1) is 11.4 Å². The van der Waals surface area contributed by atoms with Crippen LogP contribution in [0.5, 0.6) is 0 Å². The van der Waals surface area contributed by atoms with Gasteiger partial charge in [0.15, 0.2) is 0 Å². The van der Waals surface area contributed by atoms with Crippen molar-refractivity contribution in [1.82, 2.24) is 0 Å². The number of fused-ring (bicyclic) bond motifs is 6. The van der Waals surface area contributed by atoms with Gasteiger partial charge < -0.3 is 9.80 Å². The summed E-state index contributed by atoms with van der Waals surface area (Å²) >= 11 is 1.85. The third-order valence-corrected chi connectivity index (χ3v) is 14.0. The van der Waals surface area contributed by atoms with Crippen LogP contribution in [0.15, 0.2) is 180 Å². The van der Waals surface area contributed by atoms with Crippen molar-refractivity contribution < 1.29 is 0 Å². The van der Waals surface area contributed by atoms with Crippen molar-refractivity contribution in [2.24, 2.45) is 0 Å². The molecule has 8 aromatic rings. The molecule has 0 radical (unpaired) electrons. The number of anilines is 6. The van der Waals surface area contributed by atoms with E-state index in [-0.39, 0.29) is 5.41 Å². The number of hydrogen-bond donors (Lipinski definition) is 0. The van der Waals surface area contributed by atoms with Crippen LogP contribution in [0.1, 0.15) is 79.8 Å². The summed E-state index contributed by atoms with van der Waals surface area (Å²) in [5.41, 5.74) is 17.7. The summed E-state index contributed by atoms with van der Waals surface area (Å²) in [6, 6.07) is 63.2. The highest BCUT2D eigenvalue weighted by atomic mass is 32.2. The summed E-state index contributed by atoms with van der Waals surface area (Å²) < 4.78 is 0. The first-order valence-electron chi connectivity index (χ1n) is 22.0. The second kappa shape index (κ2) is 16.3. The van der Waals surface area contributed by atoms with E-state index < -0.39 is 0 Å². The number of para-hydroxylation sites is 4. The van der Waals surface area contributed by atoms with Crippen LogP contribution in [0, 0.1) is 6.92 Å². The Morgan fingerprint density at radius 3 is 1.92 bits per heavy atom. The third-order valence-electron chi connectivity index (χ3n) is 12.8. The Bertz CT molecular complexity index is 2910. The molecule has 2 nitrogen and oxygen atoms in total. The Kier molecular flexibility index (Phi) is 10.4. The quantitative estimate of drug-likeness (QED) is 0.0949. The molecule has 0 atom stereocenters. The molecule has 0 fully saturated rings. The number of aryl methyl sites for hydroxylation is 2. The van der Waals surface area contributed by atoms with E-state index in [9.17, 15) is 0 Å². The van der Waals surface area contributed by atoms with Gasteiger partial charge in [-0.3, -0.25) is 0 Å². The molecule has 61 heavy (non-hydrogen) atoms. The van der Waals surface area contributed by atoms with E-state index in [1.165, 1.54) is 125 Å². The van der Waals surface area contributed by atoms with Crippen molar-refractivity contribution >= 4 is 68.8 Å². The van der Waals surface area contributed by atoms with E-state index in [0.29, 0.717) is 0 Å². The lowest BCUT2D eigenvalue weighted by atomic mass is 9.81. The van der Waals surface area contributed by atoms with Gasteiger partial charge in [0, 0.05) is 38.0 Å². The van der Waals surface area contributed by atoms with E-state index in [1.54, 1.807) is 0 Å². The maximum atomic E-state index is 2.47. The van der Waals surface area contributed by atoms with Gasteiger partial charge in [0.1, 0.15) is 0 Å². The van der Waals surface area contributed by atoms with Gasteiger partial charge in [-0.15, -0.1) is 0 Å². The van der Waals surface area contributed by atoms with Gasteiger partial charge in [0.2, 0.25) is 0 Å². The van der Waals surface area contributed by atoms with E-state index in [2.05, 4.69) is 220 Å². The zero-order valence-corrected chi connectivity index (χ0v) is 36.5. The molecule has 3 heteroatoms. The Morgan fingerprint density at radius 2 is 1.16 bits per heavy atom. The molecule has 0 spiro atoms. The van der Waals surface area contributed by atoms with Gasteiger partial charge in [-0.05, 0) is 142 Å². The zero-order chi connectivity index (χ0) is 41.5. The van der Waals surface area contributed by atoms with Crippen LogP contribution in [-0.2, 0) is 11.8 Å². The zero-order valence-electron chi connectivity index (χ0n) is 35.7. The SMILES string of the molecule is CCCCCCc1ccccc1N(c1ccc2cc(C=Cc3ccc4c(c3)C(C)(C)c3cc(N5c6ccccc6Sc6ccccc65)ccc3-4)ccc2c1)c1ccccc1C. The molecule has 300 valence electrons. The molecular formula is C58H52N2S. The maximum absolute atomic E-state index is 2.47. The molecular weight excluding hydrogens is 757 g/mol. The van der Waals surface area contributed by atoms with Gasteiger partial charge in [-0.25, -0.2) is 0 Å². The van der Waals surface area contributed by atoms with Crippen LogP contribution in [0.4, 0.5) is 34.1 Å². The number of benzene rings is 8. The van der Waals surface area contributed by atoms with E-state index in [1.807, 2.05) is 11.8 Å². The summed E-state index contributed by atoms with van der Waals surface area (Å²) in [5, 5.41) is 2.47. The molecule has 1 heterocycles. The molecule has 0 unspecified atom stereocenters. The second-order valence-electron chi connectivity index (χ2n) is 17.2. The molecule has 0 N–H and O–H groups in total. The van der Waals surface area contributed by atoms with Crippen LogP contribution in [-0.4, -0.2) is 0 Å². The van der Waals surface area contributed by atoms with Gasteiger partial charge >= 0.3 is 0 Å². The van der Waals surface area contributed by atoms with Crippen LogP contribution >= 0.6 is 11.8 Å². The van der Waals surface area contributed by atoms with Crippen molar-refractivity contribution in [3.05, 3.63) is 203 Å². The Labute approximate surface area is 366 Å². The molecule has 2 aliphatic rings. The molecule has 0 amide bonds. The molecule has 0 aromatic heterocycles. The minimum atomic E-state index is -0.142. The van der Waals surface area contributed by atoms with E-state index in [0.717, 1.165) is 6.42 Å². The largest absolute Gasteiger partial charge is 0.310 e. The highest BCUT2D eigenvalue weighted by Gasteiger charge is 2.36. The first-order chi connectivity index (χ1) is 29.9. The summed E-state index contributed by atoms with van der Waals surface area (Å²) in [5.74, 6) is 0. The normalized spacial score (nSPS) is 13.5. The van der Waals surface area contributed by atoms with Gasteiger partial charge in [-0.1, -0.05) is 167 Å². The fourth-order valence-electron chi connectivity index (χ4n) is 9.56. The number of hydrogen-bond acceptors (Lipinski definition) is 3. The number of rotatable bonds is 11. The molecule has 10 rings (SSSR count). The lowest BCUT2D eigenvalue weighted by molar-refractivity contribution is 0.660. The molecule has 0 bridgehead atoms. The van der Waals surface area contributed by atoms with E-state index in [4.69, 9.17) is 0 Å². The van der Waals surface area contributed by atoms with E-state index >= 15 is 0 Å². The van der Waals surface area contributed by atoms with Crippen LogP contribution in [0.2, 0.25) is 0 Å². The lowest BCUT2D eigenvalue weighted by Gasteiger charge is -2.33. The fourth-order valence-corrected chi connectivity index (χ4v) is 10.6. The Balaban J connectivity index is 0.928. The van der Waals surface area contributed by atoms with Gasteiger partial charge in [0.25, 0.3) is 0 Å². The smallest absolute Gasteiger partial charge is 0.0601 e. The highest BCUT2D eigenvalue weighted by Crippen LogP contribution is 2.54. The standard InChI is InChI=1S/C58H52N2S/c1-5-6-7-8-18-43-19-10-12-21-53(43)59(52-20-11-9-17-40(52)2)46-32-31-44-36-41(28-30-45(44)38-46)26-27-42-29-34-48-49-35-33-47(39-51(49)58(3,4)50(48)37-42)60-54-22-13-15-24-56(54)61-57-25-16-14-23-55(57)60/h9-17,19-39H,5-8,18H2,1-4H3. The average Bonchev–Trinajstić information content (AvgIpc) is 3.51. The fraction of sp³-hybridized carbons (Fsp3) is 0.172. The minimum absolute atomic E-state index is 0.142. The first-order valence-corrected chi connectivity index (χ1v) is 22.8. The predicted octanol–water partition coefficient (Wildman–Crippen LogP) is 17.2. The predicted molar refractivity (Wildman–Crippen MR) is 263 cm³/mol. The van der Waals surface area contributed by atoms with Crippen LogP contribution in [0.3, 0.4) is 0 Å². The highest BCUT2D eigenvalue weighted by molar-refractivity contribution is 7.99. The molecule has 1 aliphatic heterocycles. The molecule has 1 aliphatic carbocycles. The average molecular weight is 809 g/mol. The lowest BCUT2D eigenvalue weighted by Crippen LogP contribution is -2.18. The van der Waals surface area contributed by atoms with Crippen molar-refractivity contribution in [1.29, 1.82) is 0 Å². The molecule has 0 saturated carbocycles. The van der Waals surface area contributed by atoms with Crippen molar-refractivity contribution in [3.8, 4) is 11.1 Å². The minimum Gasteiger partial charge on any atom is -0.310 e. The summed E-state index contributed by atoms with van der Waals surface area (Å²) in [4.78, 5) is 7.48. The van der Waals surface area contributed by atoms with Crippen molar-refractivity contribution in [3.63, 3.8) is 0 Å². The summed E-state index contributed by atoms with van der Waals surface area (Å²) in [6.07, 6.45) is 10.6. The number of unbranched alkanes of at least 4 members (excludes halogenated alkanes) is 3. The maximum Gasteiger partial charge on any atom is 0.0601 e. The van der Waals surface area contributed by atoms with Crippen LogP contribution < -0.4 is 9.80 Å². The summed E-state index contributed by atoms with van der Waals surface area (Å²) in [7, 11) is 0. The second-order valence-corrected chi connectivity index (χ2v) is 18.3. The Hall–Kier alpha value is -6.29. The summed E-state index contributed by atoms with van der Waals surface area (Å²) in [6.45, 7) is 9.26. The topological polar surface area (TPSA) is 6.48 Å². The monoisotopic (exact) mass is 808 g/mol. The van der Waals surface area contributed by atoms with Crippen molar-refractivity contribution in [2.75, 3.05) is 9.80 Å².